The van der Waals surface area contributed by atoms with E-state index < -0.39 is 27.4 Å². The fourth-order valence-electron chi connectivity index (χ4n) is 3.74. The molecular weight excluding hydrogens is 462 g/mol. The maximum Gasteiger partial charge on any atom is 0.444 e. The van der Waals surface area contributed by atoms with E-state index >= 15 is 0 Å². The molecule has 0 bridgehead atoms. The molecule has 2 aromatic heterocycles. The predicted octanol–water partition coefficient (Wildman–Crippen LogP) is 2.27. The van der Waals surface area contributed by atoms with Gasteiger partial charge < -0.3 is 9.72 Å². The smallest absolute Gasteiger partial charge is 0.444 e. The van der Waals surface area contributed by atoms with Crippen LogP contribution in [0.15, 0.2) is 34.0 Å². The summed E-state index contributed by atoms with van der Waals surface area (Å²) >= 11 is 0. The number of unbranched alkanes of at least 4 members (excludes halogenated alkanes) is 3. The zero-order valence-corrected chi connectivity index (χ0v) is 20.5. The molecule has 3 rings (SSSR count). The van der Waals surface area contributed by atoms with Gasteiger partial charge in [0.2, 0.25) is 0 Å². The summed E-state index contributed by atoms with van der Waals surface area (Å²) in [6, 6.07) is 5.02. The van der Waals surface area contributed by atoms with Gasteiger partial charge in [0.15, 0.2) is 0 Å². The van der Waals surface area contributed by atoms with Crippen molar-refractivity contribution in [3.05, 3.63) is 50.8 Å². The number of hydrogen-bond donors (Lipinski definition) is 1. The Morgan fingerprint density at radius 1 is 1.18 bits per heavy atom. The molecule has 0 unspecified atom stereocenters. The Morgan fingerprint density at radius 3 is 2.50 bits per heavy atom. The van der Waals surface area contributed by atoms with Crippen LogP contribution in [0.4, 0.5) is 4.79 Å². The van der Waals surface area contributed by atoms with E-state index in [2.05, 4.69) is 10.1 Å². The fraction of sp³-hybridized carbons (Fsp3) is 0.455. The number of nitrogens with zero attached hydrogens (tertiary/aromatic N) is 4. The first-order valence-corrected chi connectivity index (χ1v) is 12.9. The highest BCUT2D eigenvalue weighted by Gasteiger charge is 2.31. The van der Waals surface area contributed by atoms with Gasteiger partial charge in [0.1, 0.15) is 0 Å². The van der Waals surface area contributed by atoms with Gasteiger partial charge in [-0.1, -0.05) is 37.5 Å². The Morgan fingerprint density at radius 2 is 1.91 bits per heavy atom. The van der Waals surface area contributed by atoms with Crippen LogP contribution >= 0.6 is 0 Å². The van der Waals surface area contributed by atoms with E-state index in [1.54, 1.807) is 36.1 Å². The average molecular weight is 492 g/mol. The molecule has 0 fully saturated rings. The van der Waals surface area contributed by atoms with E-state index in [-0.39, 0.29) is 26.6 Å². The first-order valence-electron chi connectivity index (χ1n) is 11.1. The highest BCUT2D eigenvalue weighted by atomic mass is 32.2. The number of amides is 1. The van der Waals surface area contributed by atoms with E-state index in [9.17, 15) is 22.8 Å². The third-order valence-electron chi connectivity index (χ3n) is 5.45. The van der Waals surface area contributed by atoms with E-state index in [1.807, 2.05) is 13.8 Å². The van der Waals surface area contributed by atoms with Crippen LogP contribution in [0.5, 0.6) is 0 Å². The molecular formula is C22H29N5O6S. The first-order chi connectivity index (χ1) is 16.1. The molecule has 12 heteroatoms. The van der Waals surface area contributed by atoms with Crippen molar-refractivity contribution in [2.75, 3.05) is 17.3 Å². The molecule has 184 valence electrons. The standard InChI is InChI=1S/C22H29N5O6S/c1-5-7-8-9-12-33-22(30)27(34(4,31)32)26-20(28)17-14-16(19-10-11-23-25(19)3)15(6-2)13-18(17)24-21(26)29/h10-11,13-14H,5-9,12H2,1-4H3,(H,24,29). The van der Waals surface area contributed by atoms with Crippen molar-refractivity contribution in [3.8, 4) is 11.3 Å². The number of aromatic nitrogens is 4. The number of fused-ring (bicyclic) bond motifs is 1. The van der Waals surface area contributed by atoms with Crippen LogP contribution in [0, 0.1) is 0 Å². The number of nitrogens with one attached hydrogen (secondary N) is 1. The van der Waals surface area contributed by atoms with Gasteiger partial charge in [-0.05, 0) is 36.6 Å². The molecule has 0 atom stereocenters. The molecule has 0 aliphatic heterocycles. The summed E-state index contributed by atoms with van der Waals surface area (Å²) in [5, 5.41) is 4.20. The number of sulfonamides is 1. The topological polar surface area (TPSA) is 136 Å². The number of carbonyl (C=O) groups is 1. The monoisotopic (exact) mass is 491 g/mol. The van der Waals surface area contributed by atoms with Gasteiger partial charge in [0.05, 0.1) is 29.5 Å². The van der Waals surface area contributed by atoms with Crippen LogP contribution in [-0.2, 0) is 28.2 Å². The number of ether oxygens (including phenoxy) is 1. The SMILES string of the molecule is CCCCCCOC(=O)N(n1c(=O)[nH]c2cc(CC)c(-c3ccnn3C)cc2c1=O)S(C)(=O)=O. The minimum absolute atomic E-state index is 0.0322. The molecule has 0 aliphatic carbocycles. The average Bonchev–Trinajstić information content (AvgIpc) is 3.20. The molecule has 0 saturated carbocycles. The summed E-state index contributed by atoms with van der Waals surface area (Å²) in [6.45, 7) is 3.93. The van der Waals surface area contributed by atoms with Gasteiger partial charge in [0.25, 0.3) is 15.6 Å². The quantitative estimate of drug-likeness (QED) is 0.453. The van der Waals surface area contributed by atoms with Crippen molar-refractivity contribution >= 4 is 27.0 Å². The van der Waals surface area contributed by atoms with Crippen LogP contribution in [0.25, 0.3) is 22.2 Å². The molecule has 0 saturated heterocycles. The summed E-state index contributed by atoms with van der Waals surface area (Å²) in [6.07, 6.45) is 4.89. The van der Waals surface area contributed by atoms with Crippen LogP contribution in [0.1, 0.15) is 45.1 Å². The maximum atomic E-state index is 13.4. The van der Waals surface area contributed by atoms with Gasteiger partial charge in [-0.15, -0.1) is 4.68 Å². The lowest BCUT2D eigenvalue weighted by molar-refractivity contribution is 0.150. The summed E-state index contributed by atoms with van der Waals surface area (Å²) < 4.78 is 32.0. The molecule has 3 aromatic rings. The number of hydrogen-bond acceptors (Lipinski definition) is 7. The number of H-pyrrole nitrogens is 1. The number of carbonyl (C=O) groups excluding carboxylic acids is 1. The predicted molar refractivity (Wildman–Crippen MR) is 129 cm³/mol. The Balaban J connectivity index is 2.15. The van der Waals surface area contributed by atoms with Gasteiger partial charge >= 0.3 is 11.8 Å². The van der Waals surface area contributed by atoms with Crippen molar-refractivity contribution in [3.63, 3.8) is 0 Å². The lowest BCUT2D eigenvalue weighted by Gasteiger charge is -2.21. The summed E-state index contributed by atoms with van der Waals surface area (Å²) in [7, 11) is -2.61. The Kier molecular flexibility index (Phi) is 7.60. The zero-order chi connectivity index (χ0) is 25.0. The number of rotatable bonds is 9. The van der Waals surface area contributed by atoms with Crippen molar-refractivity contribution < 1.29 is 17.9 Å². The zero-order valence-electron chi connectivity index (χ0n) is 19.7. The minimum Gasteiger partial charge on any atom is -0.447 e. The highest BCUT2D eigenvalue weighted by molar-refractivity contribution is 7.92. The third-order valence-corrected chi connectivity index (χ3v) is 6.39. The van der Waals surface area contributed by atoms with E-state index in [4.69, 9.17) is 4.74 Å². The molecule has 11 nitrogen and oxygen atoms in total. The molecule has 1 aromatic carbocycles. The van der Waals surface area contributed by atoms with Gasteiger partial charge in [-0.25, -0.2) is 18.0 Å². The second kappa shape index (κ2) is 10.2. The van der Waals surface area contributed by atoms with Gasteiger partial charge in [-0.3, -0.25) is 9.48 Å². The second-order valence-electron chi connectivity index (χ2n) is 7.98. The van der Waals surface area contributed by atoms with Crippen molar-refractivity contribution in [2.24, 2.45) is 7.05 Å². The van der Waals surface area contributed by atoms with E-state index in [0.717, 1.165) is 36.8 Å². The number of aromatic amines is 1. The number of benzene rings is 1. The Bertz CT molecular complexity index is 1420. The van der Waals surface area contributed by atoms with Crippen molar-refractivity contribution in [2.45, 2.75) is 46.0 Å². The maximum absolute atomic E-state index is 13.4. The molecule has 1 N–H and O–H groups in total. The highest BCUT2D eigenvalue weighted by Crippen LogP contribution is 2.26. The third kappa shape index (κ3) is 5.06. The van der Waals surface area contributed by atoms with Crippen LogP contribution in [0.3, 0.4) is 0 Å². The molecule has 1 amide bonds. The van der Waals surface area contributed by atoms with Crippen molar-refractivity contribution in [1.82, 2.24) is 19.4 Å². The van der Waals surface area contributed by atoms with E-state index in [1.165, 1.54) is 0 Å². The largest absolute Gasteiger partial charge is 0.447 e. The lowest BCUT2D eigenvalue weighted by atomic mass is 10.00. The summed E-state index contributed by atoms with van der Waals surface area (Å²) in [5.41, 5.74) is 0.502. The van der Waals surface area contributed by atoms with Crippen LogP contribution < -0.4 is 15.7 Å². The minimum atomic E-state index is -4.36. The Labute approximate surface area is 197 Å². The van der Waals surface area contributed by atoms with Gasteiger partial charge in [-0.2, -0.15) is 5.10 Å². The Hall–Kier alpha value is -3.41. The number of aryl methyl sites for hydroxylation is 2. The van der Waals surface area contributed by atoms with Crippen molar-refractivity contribution in [1.29, 1.82) is 0 Å². The summed E-state index contributed by atoms with van der Waals surface area (Å²) in [4.78, 5) is 41.4. The molecule has 2 heterocycles. The lowest BCUT2D eigenvalue weighted by Crippen LogP contribution is -2.56. The van der Waals surface area contributed by atoms with Gasteiger partial charge in [0, 0.05) is 18.8 Å². The normalized spacial score (nSPS) is 11.6. The molecule has 0 spiro atoms. The van der Waals surface area contributed by atoms with Crippen LogP contribution in [-0.4, -0.2) is 46.8 Å². The molecule has 34 heavy (non-hydrogen) atoms. The first kappa shape index (κ1) is 25.2. The van der Waals surface area contributed by atoms with E-state index in [0.29, 0.717) is 18.4 Å². The molecule has 0 aliphatic rings. The molecule has 0 radical (unpaired) electrons. The van der Waals surface area contributed by atoms with Crippen LogP contribution in [0.2, 0.25) is 0 Å². The fourth-order valence-corrected chi connectivity index (χ4v) is 4.51. The second-order valence-corrected chi connectivity index (χ2v) is 9.79. The summed E-state index contributed by atoms with van der Waals surface area (Å²) in [5.74, 6) is 0.